The number of hydrogen-bond donors (Lipinski definition) is 1. The van der Waals surface area contributed by atoms with E-state index in [0.717, 1.165) is 49.8 Å². The van der Waals surface area contributed by atoms with Crippen molar-refractivity contribution in [2.24, 2.45) is 5.73 Å². The van der Waals surface area contributed by atoms with E-state index in [9.17, 15) is 0 Å². The Kier molecular flexibility index (Phi) is 9.65. The summed E-state index contributed by atoms with van der Waals surface area (Å²) in [7, 11) is 3.34. The zero-order valence-electron chi connectivity index (χ0n) is 15.6. The first-order valence-electron chi connectivity index (χ1n) is 8.43. The Morgan fingerprint density at radius 3 is 2.33 bits per heavy atom. The molecule has 27 heavy (non-hydrogen) atoms. The maximum Gasteiger partial charge on any atom is 0.240 e. The molecule has 2 N–H and O–H groups in total. The van der Waals surface area contributed by atoms with Crippen molar-refractivity contribution in [2.45, 2.75) is 19.5 Å². The van der Waals surface area contributed by atoms with E-state index in [0.29, 0.717) is 18.3 Å². The molecule has 8 nitrogen and oxygen atoms in total. The van der Waals surface area contributed by atoms with Crippen LogP contribution in [0.2, 0.25) is 0 Å². The molecule has 1 aromatic heterocycles. The second-order valence-corrected chi connectivity index (χ2v) is 6.00. The lowest BCUT2D eigenvalue weighted by Crippen LogP contribution is -2.30. The van der Waals surface area contributed by atoms with E-state index in [-0.39, 0.29) is 31.4 Å². The number of aromatic nitrogens is 2. The number of nitrogens with two attached hydrogens (primary N) is 1. The average molecular weight is 420 g/mol. The number of nitrogens with zero attached hydrogens (tertiary/aromatic N) is 4. The summed E-state index contributed by atoms with van der Waals surface area (Å²) < 4.78 is 15.8. The van der Waals surface area contributed by atoms with Crippen LogP contribution >= 0.6 is 24.8 Å². The molecule has 0 amide bonds. The Hall–Kier alpha value is -1.74. The van der Waals surface area contributed by atoms with Crippen molar-refractivity contribution in [2.75, 3.05) is 45.3 Å². The van der Waals surface area contributed by atoms with Crippen LogP contribution in [0, 0.1) is 0 Å². The molecule has 0 aliphatic carbocycles. The molecule has 2 heterocycles. The van der Waals surface area contributed by atoms with Gasteiger partial charge in [0.05, 0.1) is 27.3 Å². The van der Waals surface area contributed by atoms with Gasteiger partial charge in [0, 0.05) is 50.1 Å². The first kappa shape index (κ1) is 23.3. The summed E-state index contributed by atoms with van der Waals surface area (Å²) >= 11 is 0. The third-order valence-electron chi connectivity index (χ3n) is 4.34. The van der Waals surface area contributed by atoms with Gasteiger partial charge in [-0.05, 0) is 6.42 Å². The molecule has 1 fully saturated rings. The monoisotopic (exact) mass is 419 g/mol. The van der Waals surface area contributed by atoms with Crippen molar-refractivity contribution in [3.8, 4) is 11.5 Å². The summed E-state index contributed by atoms with van der Waals surface area (Å²) in [5.41, 5.74) is 6.63. The Labute approximate surface area is 171 Å². The van der Waals surface area contributed by atoms with Crippen LogP contribution in [0.5, 0.6) is 11.5 Å². The van der Waals surface area contributed by atoms with Gasteiger partial charge in [-0.25, -0.2) is 0 Å². The molecular formula is C17H27Cl2N5O3. The fourth-order valence-corrected chi connectivity index (χ4v) is 3.00. The van der Waals surface area contributed by atoms with Crippen molar-refractivity contribution in [3.05, 3.63) is 29.9 Å². The van der Waals surface area contributed by atoms with E-state index in [1.54, 1.807) is 14.2 Å². The molecule has 10 heteroatoms. The van der Waals surface area contributed by atoms with E-state index in [2.05, 4.69) is 19.9 Å². The number of hydrogen-bond acceptors (Lipinski definition) is 8. The topological polar surface area (TPSA) is 89.9 Å². The third-order valence-corrected chi connectivity index (χ3v) is 4.34. The molecule has 1 saturated heterocycles. The highest BCUT2D eigenvalue weighted by Crippen LogP contribution is 2.29. The Morgan fingerprint density at radius 1 is 1.04 bits per heavy atom. The first-order valence-corrected chi connectivity index (χ1v) is 8.43. The summed E-state index contributed by atoms with van der Waals surface area (Å²) in [4.78, 5) is 8.97. The van der Waals surface area contributed by atoms with E-state index >= 15 is 0 Å². The van der Waals surface area contributed by atoms with Crippen LogP contribution in [-0.2, 0) is 13.1 Å². The highest BCUT2D eigenvalue weighted by Gasteiger charge is 2.18. The predicted molar refractivity (Wildman–Crippen MR) is 108 cm³/mol. The number of halogens is 2. The van der Waals surface area contributed by atoms with E-state index in [1.165, 1.54) is 0 Å². The summed E-state index contributed by atoms with van der Waals surface area (Å²) in [6, 6.07) is 5.98. The van der Waals surface area contributed by atoms with Crippen LogP contribution in [0.4, 0.5) is 5.69 Å². The van der Waals surface area contributed by atoms with Crippen molar-refractivity contribution in [3.63, 3.8) is 0 Å². The molecule has 1 aromatic carbocycles. The molecule has 1 aliphatic rings. The van der Waals surface area contributed by atoms with Crippen molar-refractivity contribution in [1.82, 2.24) is 15.0 Å². The van der Waals surface area contributed by atoms with Gasteiger partial charge in [0.1, 0.15) is 11.5 Å². The van der Waals surface area contributed by atoms with Gasteiger partial charge in [0.25, 0.3) is 0 Å². The standard InChI is InChI=1S/C17H25N5O3.2ClH/c1-23-14-8-13(9-15(10-14)24-2)22-5-3-4-21(6-7-22)12-16-19-17(11-18)25-20-16;;/h8-10H,3-7,11-12,18H2,1-2H3;2*1H. The molecule has 0 atom stereocenters. The summed E-state index contributed by atoms with van der Waals surface area (Å²) in [5.74, 6) is 2.78. The summed E-state index contributed by atoms with van der Waals surface area (Å²) in [5, 5.41) is 3.98. The van der Waals surface area contributed by atoms with Gasteiger partial charge in [-0.15, -0.1) is 24.8 Å². The van der Waals surface area contributed by atoms with Crippen LogP contribution in [0.15, 0.2) is 22.7 Å². The van der Waals surface area contributed by atoms with Gasteiger partial charge in [-0.3, -0.25) is 4.90 Å². The smallest absolute Gasteiger partial charge is 0.240 e. The van der Waals surface area contributed by atoms with Crippen LogP contribution in [0.25, 0.3) is 0 Å². The summed E-state index contributed by atoms with van der Waals surface area (Å²) in [6.45, 7) is 4.76. The van der Waals surface area contributed by atoms with Crippen LogP contribution in [0.3, 0.4) is 0 Å². The first-order chi connectivity index (χ1) is 12.2. The lowest BCUT2D eigenvalue weighted by Gasteiger charge is -2.24. The number of anilines is 1. The lowest BCUT2D eigenvalue weighted by molar-refractivity contribution is 0.271. The van der Waals surface area contributed by atoms with E-state index < -0.39 is 0 Å². The minimum atomic E-state index is 0. The maximum absolute atomic E-state index is 5.51. The lowest BCUT2D eigenvalue weighted by atomic mass is 10.2. The Morgan fingerprint density at radius 2 is 1.74 bits per heavy atom. The van der Waals surface area contributed by atoms with Gasteiger partial charge >= 0.3 is 0 Å². The largest absolute Gasteiger partial charge is 0.497 e. The second kappa shape index (κ2) is 11.2. The molecule has 2 aromatic rings. The van der Waals surface area contributed by atoms with Gasteiger partial charge in [-0.2, -0.15) is 4.98 Å². The number of rotatable bonds is 6. The molecule has 1 aliphatic heterocycles. The number of methoxy groups -OCH3 is 2. The van der Waals surface area contributed by atoms with Gasteiger partial charge < -0.3 is 24.6 Å². The number of ether oxygens (including phenoxy) is 2. The van der Waals surface area contributed by atoms with Crippen LogP contribution in [-0.4, -0.2) is 55.4 Å². The van der Waals surface area contributed by atoms with Crippen molar-refractivity contribution >= 4 is 30.5 Å². The third kappa shape index (κ3) is 6.14. The number of benzene rings is 1. The Balaban J connectivity index is 0.00000182. The van der Waals surface area contributed by atoms with Crippen molar-refractivity contribution in [1.29, 1.82) is 0 Å². The molecule has 0 spiro atoms. The SMILES string of the molecule is COc1cc(OC)cc(N2CCCN(Cc3noc(CN)n3)CC2)c1.Cl.Cl. The predicted octanol–water partition coefficient (Wildman–Crippen LogP) is 2.10. The zero-order valence-corrected chi connectivity index (χ0v) is 17.2. The van der Waals surface area contributed by atoms with Crippen molar-refractivity contribution < 1.29 is 14.0 Å². The second-order valence-electron chi connectivity index (χ2n) is 6.00. The molecular weight excluding hydrogens is 393 g/mol. The minimum Gasteiger partial charge on any atom is -0.497 e. The van der Waals surface area contributed by atoms with Gasteiger partial charge in [0.15, 0.2) is 5.82 Å². The molecule has 0 radical (unpaired) electrons. The highest BCUT2D eigenvalue weighted by molar-refractivity contribution is 5.85. The maximum atomic E-state index is 5.51. The van der Waals surface area contributed by atoms with Gasteiger partial charge in [-0.1, -0.05) is 5.16 Å². The van der Waals surface area contributed by atoms with Gasteiger partial charge in [0.2, 0.25) is 5.89 Å². The molecule has 0 saturated carbocycles. The fourth-order valence-electron chi connectivity index (χ4n) is 3.00. The average Bonchev–Trinajstić information content (AvgIpc) is 2.98. The molecule has 152 valence electrons. The quantitative estimate of drug-likeness (QED) is 0.760. The minimum absolute atomic E-state index is 0. The zero-order chi connectivity index (χ0) is 17.6. The van der Waals surface area contributed by atoms with E-state index in [1.807, 2.05) is 18.2 Å². The molecule has 0 unspecified atom stereocenters. The summed E-state index contributed by atoms with van der Waals surface area (Å²) in [6.07, 6.45) is 1.06. The molecule has 0 bridgehead atoms. The molecule has 3 rings (SSSR count). The van der Waals surface area contributed by atoms with E-state index in [4.69, 9.17) is 19.7 Å². The fraction of sp³-hybridized carbons (Fsp3) is 0.529. The Bertz CT molecular complexity index is 679. The normalized spacial score (nSPS) is 14.7. The highest BCUT2D eigenvalue weighted by atomic mass is 35.5. The van der Waals surface area contributed by atoms with Crippen LogP contribution < -0.4 is 20.1 Å². The van der Waals surface area contributed by atoms with Crippen LogP contribution in [0.1, 0.15) is 18.1 Å².